The van der Waals surface area contributed by atoms with E-state index in [1.54, 1.807) is 0 Å². The van der Waals surface area contributed by atoms with E-state index in [1.165, 1.54) is 0 Å². The molecule has 0 aliphatic carbocycles. The molecule has 0 aliphatic rings. The fourth-order valence-electron chi connectivity index (χ4n) is 3.12. The number of likely N-dealkylation sites (N-methyl/N-ethyl adjacent to an activating group) is 1. The van der Waals surface area contributed by atoms with E-state index in [0.717, 1.165) is 0 Å². The topological polar surface area (TPSA) is 52.6 Å². The summed E-state index contributed by atoms with van der Waals surface area (Å²) < 4.78 is 126. The molecule has 0 radical (unpaired) electrons. The lowest BCUT2D eigenvalue weighted by Gasteiger charge is -2.33. The number of quaternary nitrogens is 1. The van der Waals surface area contributed by atoms with Crippen molar-refractivity contribution in [3.05, 3.63) is 0 Å². The van der Waals surface area contributed by atoms with Crippen LogP contribution < -0.4 is 0 Å². The number of esters is 2. The first-order valence-corrected chi connectivity index (χ1v) is 11.4. The van der Waals surface area contributed by atoms with Gasteiger partial charge in [0.05, 0.1) is 34.2 Å². The third kappa shape index (κ3) is 11.1. The molecule has 0 saturated heterocycles. The summed E-state index contributed by atoms with van der Waals surface area (Å²) in [5, 5.41) is 0. The number of halogens is 9. The van der Waals surface area contributed by atoms with Crippen molar-refractivity contribution in [3.8, 4) is 0 Å². The Morgan fingerprint density at radius 3 is 1.75 bits per heavy atom. The van der Waals surface area contributed by atoms with Crippen molar-refractivity contribution in [1.82, 2.24) is 0 Å². The maximum absolute atomic E-state index is 13.5. The van der Waals surface area contributed by atoms with Gasteiger partial charge in [-0.1, -0.05) is 26.7 Å². The van der Waals surface area contributed by atoms with Crippen molar-refractivity contribution in [3.63, 3.8) is 0 Å². The second-order valence-corrected chi connectivity index (χ2v) is 10.1. The molecule has 0 aromatic heterocycles. The molecule has 1 atom stereocenters. The summed E-state index contributed by atoms with van der Waals surface area (Å²) >= 11 is 0. The third-order valence-corrected chi connectivity index (χ3v) is 4.88. The molecule has 5 nitrogen and oxygen atoms in total. The Morgan fingerprint density at radius 2 is 1.28 bits per heavy atom. The molecule has 214 valence electrons. The quantitative estimate of drug-likeness (QED) is 0.103. The highest BCUT2D eigenvalue weighted by atomic mass is 19.4. The van der Waals surface area contributed by atoms with Crippen LogP contribution in [0.4, 0.5) is 39.5 Å². The first-order valence-electron chi connectivity index (χ1n) is 11.4. The van der Waals surface area contributed by atoms with Gasteiger partial charge in [0, 0.05) is 12.8 Å². The number of hydrogen-bond acceptors (Lipinski definition) is 4. The Labute approximate surface area is 204 Å². The van der Waals surface area contributed by atoms with Crippen LogP contribution in [0.1, 0.15) is 58.8 Å². The molecule has 0 fully saturated rings. The summed E-state index contributed by atoms with van der Waals surface area (Å²) in [6, 6.07) is 0. The molecule has 0 rings (SSSR count). The van der Waals surface area contributed by atoms with Crippen LogP contribution in [-0.2, 0) is 19.1 Å². The number of carbonyl (C=O) groups is 2. The van der Waals surface area contributed by atoms with Crippen LogP contribution in [-0.4, -0.2) is 80.8 Å². The maximum atomic E-state index is 13.5. The zero-order chi connectivity index (χ0) is 28.6. The molecule has 0 heterocycles. The van der Waals surface area contributed by atoms with Crippen LogP contribution in [0, 0.1) is 5.92 Å². The summed E-state index contributed by atoms with van der Waals surface area (Å²) in [6.45, 7) is 3.81. The van der Waals surface area contributed by atoms with Crippen LogP contribution in [0.25, 0.3) is 0 Å². The van der Waals surface area contributed by atoms with Crippen molar-refractivity contribution in [1.29, 1.82) is 0 Å². The fraction of sp³-hybridized carbons (Fsp3) is 0.909. The molecule has 0 aliphatic heterocycles. The molecular weight excluding hydrogens is 513 g/mol. The van der Waals surface area contributed by atoms with E-state index < -0.39 is 54.8 Å². The van der Waals surface area contributed by atoms with E-state index in [0.29, 0.717) is 11.0 Å². The van der Waals surface area contributed by atoms with Gasteiger partial charge in [0.15, 0.2) is 6.10 Å². The molecule has 0 bridgehead atoms. The van der Waals surface area contributed by atoms with Crippen molar-refractivity contribution in [2.75, 3.05) is 34.3 Å². The lowest BCUT2D eigenvalue weighted by molar-refractivity contribution is -0.873. The van der Waals surface area contributed by atoms with E-state index in [4.69, 9.17) is 9.47 Å². The maximum Gasteiger partial charge on any atom is 0.460 e. The minimum Gasteiger partial charge on any atom is -0.466 e. The predicted molar refractivity (Wildman–Crippen MR) is 112 cm³/mol. The summed E-state index contributed by atoms with van der Waals surface area (Å²) in [5.41, 5.74) is 0. The van der Waals surface area contributed by atoms with E-state index in [9.17, 15) is 49.1 Å². The van der Waals surface area contributed by atoms with Crippen LogP contribution in [0.3, 0.4) is 0 Å². The molecular formula is C22H35F9NO4+. The molecule has 0 aromatic carbocycles. The van der Waals surface area contributed by atoms with Gasteiger partial charge in [-0.2, -0.15) is 39.5 Å². The van der Waals surface area contributed by atoms with Crippen LogP contribution >= 0.6 is 0 Å². The van der Waals surface area contributed by atoms with Crippen LogP contribution in [0.2, 0.25) is 0 Å². The van der Waals surface area contributed by atoms with E-state index in [-0.39, 0.29) is 44.6 Å². The Hall–Kier alpha value is -1.73. The lowest BCUT2D eigenvalue weighted by atomic mass is 9.98. The average Bonchev–Trinajstić information content (AvgIpc) is 2.63. The van der Waals surface area contributed by atoms with Gasteiger partial charge in [0.1, 0.15) is 6.54 Å². The van der Waals surface area contributed by atoms with Gasteiger partial charge in [-0.3, -0.25) is 9.59 Å². The Balaban J connectivity index is 4.54. The molecule has 0 amide bonds. The van der Waals surface area contributed by atoms with E-state index >= 15 is 0 Å². The van der Waals surface area contributed by atoms with Crippen molar-refractivity contribution in [2.24, 2.45) is 5.92 Å². The van der Waals surface area contributed by atoms with Crippen molar-refractivity contribution in [2.45, 2.75) is 88.8 Å². The van der Waals surface area contributed by atoms with Crippen molar-refractivity contribution >= 4 is 11.9 Å². The largest absolute Gasteiger partial charge is 0.466 e. The number of alkyl halides is 9. The highest BCUT2D eigenvalue weighted by molar-refractivity contribution is 5.72. The summed E-state index contributed by atoms with van der Waals surface area (Å²) in [4.78, 5) is 24.0. The van der Waals surface area contributed by atoms with Gasteiger partial charge in [-0.05, 0) is 18.8 Å². The first-order chi connectivity index (χ1) is 16.0. The van der Waals surface area contributed by atoms with Crippen LogP contribution in [0.5, 0.6) is 0 Å². The molecule has 0 unspecified atom stereocenters. The van der Waals surface area contributed by atoms with Gasteiger partial charge >= 0.3 is 35.9 Å². The summed E-state index contributed by atoms with van der Waals surface area (Å²) in [6.07, 6.45) is -10.3. The molecule has 0 N–H and O–H groups in total. The highest BCUT2D eigenvalue weighted by Gasteiger charge is 2.81. The number of nitrogens with zero attached hydrogens (tertiary/aromatic N) is 1. The minimum absolute atomic E-state index is 0.0570. The predicted octanol–water partition coefficient (Wildman–Crippen LogP) is 6.00. The Bertz CT molecular complexity index is 705. The fourth-order valence-corrected chi connectivity index (χ4v) is 3.12. The number of carbonyl (C=O) groups excluding carboxylic acids is 2. The van der Waals surface area contributed by atoms with Gasteiger partial charge in [-0.25, -0.2) is 0 Å². The van der Waals surface area contributed by atoms with E-state index in [2.05, 4.69) is 0 Å². The van der Waals surface area contributed by atoms with Crippen molar-refractivity contribution < 1.29 is 63.1 Å². The smallest absolute Gasteiger partial charge is 0.460 e. The third-order valence-electron chi connectivity index (χ3n) is 4.88. The second kappa shape index (κ2) is 13.2. The molecule has 0 spiro atoms. The average molecular weight is 549 g/mol. The number of rotatable bonds is 16. The number of hydrogen-bond donors (Lipinski definition) is 0. The van der Waals surface area contributed by atoms with Gasteiger partial charge in [0.2, 0.25) is 0 Å². The standard InChI is InChI=1S/C22H35F9NO4/c1-15(2)12-18(34)36-16(14-32(3,4)5)13-17(33)35-11-9-7-6-8-10-19(23,24)20(25,26)21(27,28)22(29,30)31/h15-16H,6-14H2,1-5H3/q+1/t16-/m1/s1. The molecule has 36 heavy (non-hydrogen) atoms. The minimum atomic E-state index is -6.88. The van der Waals surface area contributed by atoms with Gasteiger partial charge in [0.25, 0.3) is 0 Å². The SMILES string of the molecule is CC(C)CC(=O)O[C@H](CC(=O)OCCCCCCC(F)(F)C(F)(F)C(F)(F)C(F)(F)F)C[N+](C)(C)C. The normalized spacial score (nSPS) is 14.6. The Morgan fingerprint density at radius 1 is 0.750 bits per heavy atom. The number of unbranched alkanes of at least 4 members (excludes halogenated alkanes) is 3. The second-order valence-electron chi connectivity index (χ2n) is 10.1. The first kappa shape index (κ1) is 34.3. The monoisotopic (exact) mass is 548 g/mol. The zero-order valence-electron chi connectivity index (χ0n) is 21.0. The van der Waals surface area contributed by atoms with Gasteiger partial charge in [-0.15, -0.1) is 0 Å². The van der Waals surface area contributed by atoms with Gasteiger partial charge < -0.3 is 14.0 Å². The molecule has 0 aromatic rings. The lowest BCUT2D eigenvalue weighted by Crippen LogP contribution is -2.60. The summed E-state index contributed by atoms with van der Waals surface area (Å²) in [5.74, 6) is -20.2. The zero-order valence-corrected chi connectivity index (χ0v) is 21.0. The molecule has 0 saturated carbocycles. The highest BCUT2D eigenvalue weighted by Crippen LogP contribution is 2.54. The molecule has 14 heteroatoms. The van der Waals surface area contributed by atoms with Crippen LogP contribution in [0.15, 0.2) is 0 Å². The van der Waals surface area contributed by atoms with E-state index in [1.807, 2.05) is 35.0 Å². The summed E-state index contributed by atoms with van der Waals surface area (Å²) in [7, 11) is 5.49. The Kier molecular flexibility index (Phi) is 12.5. The number of ether oxygens (including phenoxy) is 2.